The second kappa shape index (κ2) is 6.60. The summed E-state index contributed by atoms with van der Waals surface area (Å²) in [5.41, 5.74) is 2.43. The van der Waals surface area contributed by atoms with Gasteiger partial charge in [0.2, 0.25) is 0 Å². The lowest BCUT2D eigenvalue weighted by Gasteiger charge is -2.14. The van der Waals surface area contributed by atoms with Crippen molar-refractivity contribution in [3.05, 3.63) is 64.7 Å². The maximum absolute atomic E-state index is 6.11. The first kappa shape index (κ1) is 13.9. The third kappa shape index (κ3) is 3.72. The van der Waals surface area contributed by atoms with Crippen molar-refractivity contribution in [3.63, 3.8) is 0 Å². The molecule has 2 aromatic carbocycles. The largest absolute Gasteiger partial charge is 0.495 e. The van der Waals surface area contributed by atoms with Gasteiger partial charge in [0.25, 0.3) is 0 Å². The summed E-state index contributed by atoms with van der Waals surface area (Å²) in [6.07, 6.45) is 0. The van der Waals surface area contributed by atoms with E-state index in [9.17, 15) is 0 Å². The molecule has 0 heterocycles. The zero-order valence-electron chi connectivity index (χ0n) is 11.2. The lowest BCUT2D eigenvalue weighted by atomic mass is 10.1. The molecule has 2 aromatic rings. The second-order valence-electron chi connectivity index (χ2n) is 4.48. The van der Waals surface area contributed by atoms with Crippen LogP contribution in [0.5, 0.6) is 5.75 Å². The number of halogens is 1. The van der Waals surface area contributed by atoms with Crippen molar-refractivity contribution in [2.24, 2.45) is 0 Å². The number of ether oxygens (including phenoxy) is 1. The van der Waals surface area contributed by atoms with Crippen molar-refractivity contribution >= 4 is 11.6 Å². The van der Waals surface area contributed by atoms with Gasteiger partial charge >= 0.3 is 0 Å². The van der Waals surface area contributed by atoms with Gasteiger partial charge in [0, 0.05) is 12.6 Å². The van der Waals surface area contributed by atoms with Crippen LogP contribution in [0.25, 0.3) is 0 Å². The minimum absolute atomic E-state index is 0.307. The Balaban J connectivity index is 1.97. The fourth-order valence-corrected chi connectivity index (χ4v) is 2.23. The summed E-state index contributed by atoms with van der Waals surface area (Å²) in [6, 6.07) is 16.5. The number of rotatable bonds is 5. The van der Waals surface area contributed by atoms with Crippen LogP contribution < -0.4 is 10.1 Å². The maximum Gasteiger partial charge on any atom is 0.137 e. The Kier molecular flexibility index (Phi) is 4.83. The van der Waals surface area contributed by atoms with Crippen molar-refractivity contribution in [3.8, 4) is 5.75 Å². The first-order chi connectivity index (χ1) is 9.20. The molecule has 0 spiro atoms. The smallest absolute Gasteiger partial charge is 0.137 e. The highest BCUT2D eigenvalue weighted by Gasteiger charge is 2.05. The first-order valence-corrected chi connectivity index (χ1v) is 6.69. The van der Waals surface area contributed by atoms with E-state index in [0.29, 0.717) is 16.8 Å². The summed E-state index contributed by atoms with van der Waals surface area (Å²) in [5, 5.41) is 4.13. The highest BCUT2D eigenvalue weighted by molar-refractivity contribution is 6.32. The predicted molar refractivity (Wildman–Crippen MR) is 79.7 cm³/mol. The second-order valence-corrected chi connectivity index (χ2v) is 4.89. The number of nitrogens with one attached hydrogen (secondary N) is 1. The van der Waals surface area contributed by atoms with Gasteiger partial charge in [-0.3, -0.25) is 0 Å². The van der Waals surface area contributed by atoms with Crippen LogP contribution in [0.3, 0.4) is 0 Å². The van der Waals surface area contributed by atoms with E-state index in [2.05, 4.69) is 36.5 Å². The van der Waals surface area contributed by atoms with Crippen molar-refractivity contribution < 1.29 is 4.74 Å². The Morgan fingerprint density at radius 1 is 1.16 bits per heavy atom. The van der Waals surface area contributed by atoms with Crippen LogP contribution in [0.1, 0.15) is 24.1 Å². The van der Waals surface area contributed by atoms with Crippen LogP contribution in [0.2, 0.25) is 5.02 Å². The summed E-state index contributed by atoms with van der Waals surface area (Å²) in [7, 11) is 1.62. The zero-order chi connectivity index (χ0) is 13.7. The van der Waals surface area contributed by atoms with E-state index in [0.717, 1.165) is 12.1 Å². The van der Waals surface area contributed by atoms with Gasteiger partial charge in [-0.15, -0.1) is 0 Å². The number of hydrogen-bond acceptors (Lipinski definition) is 2. The molecule has 0 saturated carbocycles. The molecule has 0 aliphatic heterocycles. The summed E-state index contributed by atoms with van der Waals surface area (Å²) in [6.45, 7) is 2.93. The zero-order valence-corrected chi connectivity index (χ0v) is 11.9. The van der Waals surface area contributed by atoms with Gasteiger partial charge in [-0.1, -0.05) is 48.0 Å². The Hall–Kier alpha value is -1.51. The standard InChI is InChI=1S/C16H18ClNO/c1-12(14-6-4-3-5-7-14)18-11-13-8-9-16(19-2)15(17)10-13/h3-10,12,18H,11H2,1-2H3/t12-/m1/s1. The molecular formula is C16H18ClNO. The van der Waals surface area contributed by atoms with Gasteiger partial charge < -0.3 is 10.1 Å². The van der Waals surface area contributed by atoms with Crippen molar-refractivity contribution in [1.29, 1.82) is 0 Å². The Labute approximate surface area is 119 Å². The molecule has 0 saturated heterocycles. The molecule has 0 aromatic heterocycles. The minimum Gasteiger partial charge on any atom is -0.495 e. The highest BCUT2D eigenvalue weighted by atomic mass is 35.5. The number of hydrogen-bond donors (Lipinski definition) is 1. The summed E-state index contributed by atoms with van der Waals surface area (Å²) >= 11 is 6.11. The SMILES string of the molecule is COc1ccc(CN[C@H](C)c2ccccc2)cc1Cl. The average Bonchev–Trinajstić information content (AvgIpc) is 2.46. The van der Waals surface area contributed by atoms with Crippen LogP contribution in [-0.4, -0.2) is 7.11 Å². The van der Waals surface area contributed by atoms with E-state index in [1.165, 1.54) is 5.56 Å². The van der Waals surface area contributed by atoms with Crippen molar-refractivity contribution in [1.82, 2.24) is 5.32 Å². The van der Waals surface area contributed by atoms with Gasteiger partial charge in [0.15, 0.2) is 0 Å². The van der Waals surface area contributed by atoms with Crippen LogP contribution in [0, 0.1) is 0 Å². The van der Waals surface area contributed by atoms with Gasteiger partial charge in [-0.2, -0.15) is 0 Å². The van der Waals surface area contributed by atoms with Crippen LogP contribution >= 0.6 is 11.6 Å². The monoisotopic (exact) mass is 275 g/mol. The Morgan fingerprint density at radius 3 is 2.53 bits per heavy atom. The third-order valence-corrected chi connectivity index (χ3v) is 3.42. The minimum atomic E-state index is 0.307. The van der Waals surface area contributed by atoms with Gasteiger partial charge in [0.1, 0.15) is 5.75 Å². The molecule has 100 valence electrons. The molecule has 0 aliphatic rings. The number of benzene rings is 2. The highest BCUT2D eigenvalue weighted by Crippen LogP contribution is 2.25. The molecule has 2 nitrogen and oxygen atoms in total. The fourth-order valence-electron chi connectivity index (χ4n) is 1.95. The van der Waals surface area contributed by atoms with E-state index in [1.807, 2.05) is 24.3 Å². The molecule has 1 atom stereocenters. The van der Waals surface area contributed by atoms with Crippen molar-refractivity contribution in [2.75, 3.05) is 7.11 Å². The third-order valence-electron chi connectivity index (χ3n) is 3.13. The molecule has 19 heavy (non-hydrogen) atoms. The lowest BCUT2D eigenvalue weighted by Crippen LogP contribution is -2.17. The molecule has 1 N–H and O–H groups in total. The molecule has 0 fully saturated rings. The summed E-state index contributed by atoms with van der Waals surface area (Å²) in [5.74, 6) is 0.710. The van der Waals surface area contributed by atoms with E-state index in [-0.39, 0.29) is 0 Å². The van der Waals surface area contributed by atoms with Crippen LogP contribution in [0.15, 0.2) is 48.5 Å². The van der Waals surface area contributed by atoms with Gasteiger partial charge in [0.05, 0.1) is 12.1 Å². The van der Waals surface area contributed by atoms with E-state index >= 15 is 0 Å². The molecule has 0 aliphatic carbocycles. The molecule has 2 rings (SSSR count). The summed E-state index contributed by atoms with van der Waals surface area (Å²) < 4.78 is 5.14. The molecule has 0 bridgehead atoms. The fraction of sp³-hybridized carbons (Fsp3) is 0.250. The van der Waals surface area contributed by atoms with Crippen LogP contribution in [-0.2, 0) is 6.54 Å². The normalized spacial score (nSPS) is 12.2. The Bertz CT molecular complexity index is 528. The van der Waals surface area contributed by atoms with E-state index in [4.69, 9.17) is 16.3 Å². The predicted octanol–water partition coefficient (Wildman–Crippen LogP) is 4.20. The number of methoxy groups -OCH3 is 1. The molecule has 0 amide bonds. The molecule has 0 radical (unpaired) electrons. The van der Waals surface area contributed by atoms with Crippen LogP contribution in [0.4, 0.5) is 0 Å². The van der Waals surface area contributed by atoms with E-state index in [1.54, 1.807) is 7.11 Å². The maximum atomic E-state index is 6.11. The van der Waals surface area contributed by atoms with Crippen molar-refractivity contribution in [2.45, 2.75) is 19.5 Å². The van der Waals surface area contributed by atoms with E-state index < -0.39 is 0 Å². The average molecular weight is 276 g/mol. The van der Waals surface area contributed by atoms with Gasteiger partial charge in [-0.05, 0) is 30.2 Å². The quantitative estimate of drug-likeness (QED) is 0.883. The topological polar surface area (TPSA) is 21.3 Å². The summed E-state index contributed by atoms with van der Waals surface area (Å²) in [4.78, 5) is 0. The lowest BCUT2D eigenvalue weighted by molar-refractivity contribution is 0.414. The molecule has 0 unspecified atom stereocenters. The van der Waals surface area contributed by atoms with Gasteiger partial charge in [-0.25, -0.2) is 0 Å². The Morgan fingerprint density at radius 2 is 1.89 bits per heavy atom. The first-order valence-electron chi connectivity index (χ1n) is 6.31. The molecular weight excluding hydrogens is 258 g/mol. The molecule has 3 heteroatoms.